The predicted molar refractivity (Wildman–Crippen MR) is 82.8 cm³/mol. The fourth-order valence-corrected chi connectivity index (χ4v) is 2.31. The average Bonchev–Trinajstić information content (AvgIpc) is 2.99. The van der Waals surface area contributed by atoms with Crippen LogP contribution in [0, 0.1) is 18.3 Å². The van der Waals surface area contributed by atoms with Gasteiger partial charge in [0.15, 0.2) is 5.69 Å². The Bertz CT molecular complexity index is 844. The van der Waals surface area contributed by atoms with E-state index in [0.29, 0.717) is 11.4 Å². The van der Waals surface area contributed by atoms with Gasteiger partial charge in [0.2, 0.25) is 0 Å². The van der Waals surface area contributed by atoms with Gasteiger partial charge in [-0.05, 0) is 48.9 Å². The van der Waals surface area contributed by atoms with E-state index in [1.165, 1.54) is 0 Å². The van der Waals surface area contributed by atoms with Gasteiger partial charge >= 0.3 is 0 Å². The van der Waals surface area contributed by atoms with E-state index in [1.54, 1.807) is 11.8 Å². The van der Waals surface area contributed by atoms with Crippen LogP contribution < -0.4 is 4.74 Å². The minimum atomic E-state index is 0.298. The van der Waals surface area contributed by atoms with Crippen LogP contribution in [0.5, 0.6) is 5.75 Å². The molecule has 3 rings (SSSR count). The molecule has 2 aromatic carbocycles. The molecule has 0 unspecified atom stereocenters. The minimum Gasteiger partial charge on any atom is -0.497 e. The molecule has 0 radical (unpaired) electrons. The number of aryl methyl sites for hydroxylation is 1. The van der Waals surface area contributed by atoms with E-state index in [2.05, 4.69) is 16.4 Å². The molecule has 1 aromatic heterocycles. The van der Waals surface area contributed by atoms with E-state index in [9.17, 15) is 5.26 Å². The normalized spacial score (nSPS) is 10.2. The number of ether oxygens (including phenoxy) is 1. The summed E-state index contributed by atoms with van der Waals surface area (Å²) >= 11 is 0. The molecule has 1 heterocycles. The molecule has 0 aliphatic heterocycles. The summed E-state index contributed by atoms with van der Waals surface area (Å²) in [7, 11) is 1.62. The fraction of sp³-hybridized carbons (Fsp3) is 0.118. The van der Waals surface area contributed by atoms with Crippen LogP contribution in [0.1, 0.15) is 11.3 Å². The third kappa shape index (κ3) is 2.42. The number of hydrogen-bond donors (Lipinski definition) is 0. The lowest BCUT2D eigenvalue weighted by Crippen LogP contribution is -2.00. The third-order valence-corrected chi connectivity index (χ3v) is 3.39. The zero-order valence-electron chi connectivity index (χ0n) is 12.3. The topological polar surface area (TPSA) is 63.7 Å². The summed E-state index contributed by atoms with van der Waals surface area (Å²) in [6.45, 7) is 2.01. The Morgan fingerprint density at radius 1 is 1.14 bits per heavy atom. The minimum absolute atomic E-state index is 0.298. The number of nitrogens with zero attached hydrogens (tertiary/aromatic N) is 4. The van der Waals surface area contributed by atoms with Crippen LogP contribution in [-0.2, 0) is 0 Å². The van der Waals surface area contributed by atoms with Gasteiger partial charge in [-0.2, -0.15) is 5.26 Å². The van der Waals surface area contributed by atoms with Gasteiger partial charge in [-0.25, -0.2) is 4.68 Å². The maximum absolute atomic E-state index is 9.30. The Kier molecular flexibility index (Phi) is 3.58. The Hall–Kier alpha value is -3.13. The van der Waals surface area contributed by atoms with E-state index in [-0.39, 0.29) is 0 Å². The van der Waals surface area contributed by atoms with Crippen LogP contribution in [0.15, 0.2) is 48.5 Å². The summed E-state index contributed by atoms with van der Waals surface area (Å²) in [6.07, 6.45) is 0. The molecule has 0 saturated carbocycles. The standard InChI is InChI=1S/C17H14N4O/c1-12-4-3-5-14(10-12)21-17(16(11-18)19-20-21)13-6-8-15(22-2)9-7-13/h3-10H,1-2H3. The Morgan fingerprint density at radius 2 is 1.91 bits per heavy atom. The van der Waals surface area contributed by atoms with Crippen molar-refractivity contribution in [2.24, 2.45) is 0 Å². The van der Waals surface area contributed by atoms with Crippen molar-refractivity contribution >= 4 is 0 Å². The highest BCUT2D eigenvalue weighted by atomic mass is 16.5. The van der Waals surface area contributed by atoms with Crippen molar-refractivity contribution in [3.05, 3.63) is 59.8 Å². The lowest BCUT2D eigenvalue weighted by Gasteiger charge is -2.08. The summed E-state index contributed by atoms with van der Waals surface area (Å²) < 4.78 is 6.86. The molecule has 22 heavy (non-hydrogen) atoms. The second kappa shape index (κ2) is 5.70. The molecule has 0 spiro atoms. The van der Waals surface area contributed by atoms with Gasteiger partial charge in [0.05, 0.1) is 12.8 Å². The zero-order valence-corrected chi connectivity index (χ0v) is 12.3. The van der Waals surface area contributed by atoms with Gasteiger partial charge in [-0.1, -0.05) is 17.3 Å². The van der Waals surface area contributed by atoms with E-state index in [4.69, 9.17) is 4.74 Å². The molecule has 0 aliphatic carbocycles. The molecule has 0 bridgehead atoms. The quantitative estimate of drug-likeness (QED) is 0.743. The van der Waals surface area contributed by atoms with Gasteiger partial charge in [0, 0.05) is 5.56 Å². The second-order valence-corrected chi connectivity index (χ2v) is 4.88. The fourth-order valence-electron chi connectivity index (χ4n) is 2.31. The number of aromatic nitrogens is 3. The van der Waals surface area contributed by atoms with Gasteiger partial charge < -0.3 is 4.74 Å². The van der Waals surface area contributed by atoms with Crippen LogP contribution >= 0.6 is 0 Å². The van der Waals surface area contributed by atoms with Crippen LogP contribution in [0.3, 0.4) is 0 Å². The zero-order chi connectivity index (χ0) is 15.5. The molecular formula is C17H14N4O. The number of methoxy groups -OCH3 is 1. The largest absolute Gasteiger partial charge is 0.497 e. The number of hydrogen-bond acceptors (Lipinski definition) is 4. The molecule has 5 nitrogen and oxygen atoms in total. The van der Waals surface area contributed by atoms with Crippen LogP contribution in [-0.4, -0.2) is 22.1 Å². The summed E-state index contributed by atoms with van der Waals surface area (Å²) in [4.78, 5) is 0. The van der Waals surface area contributed by atoms with Gasteiger partial charge in [0.25, 0.3) is 0 Å². The molecule has 0 atom stereocenters. The lowest BCUT2D eigenvalue weighted by molar-refractivity contribution is 0.415. The first-order valence-corrected chi connectivity index (χ1v) is 6.80. The smallest absolute Gasteiger partial charge is 0.191 e. The second-order valence-electron chi connectivity index (χ2n) is 4.88. The molecule has 108 valence electrons. The number of nitriles is 1. The maximum atomic E-state index is 9.30. The molecule has 0 amide bonds. The summed E-state index contributed by atoms with van der Waals surface area (Å²) in [5.41, 5.74) is 3.83. The van der Waals surface area contributed by atoms with Crippen molar-refractivity contribution in [2.75, 3.05) is 7.11 Å². The first-order chi connectivity index (χ1) is 10.7. The van der Waals surface area contributed by atoms with Gasteiger partial charge in [-0.3, -0.25) is 0 Å². The first kappa shape index (κ1) is 13.8. The number of rotatable bonds is 3. The highest BCUT2D eigenvalue weighted by Crippen LogP contribution is 2.26. The van der Waals surface area contributed by atoms with Crippen molar-refractivity contribution in [1.29, 1.82) is 5.26 Å². The van der Waals surface area contributed by atoms with E-state index in [0.717, 1.165) is 22.6 Å². The van der Waals surface area contributed by atoms with Crippen molar-refractivity contribution < 1.29 is 4.74 Å². The summed E-state index contributed by atoms with van der Waals surface area (Å²) in [5.74, 6) is 0.761. The Morgan fingerprint density at radius 3 is 2.55 bits per heavy atom. The molecule has 0 N–H and O–H groups in total. The molecular weight excluding hydrogens is 276 g/mol. The van der Waals surface area contributed by atoms with Crippen molar-refractivity contribution in [1.82, 2.24) is 15.0 Å². The first-order valence-electron chi connectivity index (χ1n) is 6.80. The number of benzene rings is 2. The van der Waals surface area contributed by atoms with E-state index < -0.39 is 0 Å². The molecule has 0 fully saturated rings. The van der Waals surface area contributed by atoms with Crippen LogP contribution in [0.25, 0.3) is 16.9 Å². The van der Waals surface area contributed by atoms with Crippen LogP contribution in [0.4, 0.5) is 0 Å². The molecule has 3 aromatic rings. The monoisotopic (exact) mass is 290 g/mol. The van der Waals surface area contributed by atoms with Crippen molar-refractivity contribution in [3.63, 3.8) is 0 Å². The highest BCUT2D eigenvalue weighted by Gasteiger charge is 2.16. The Balaban J connectivity index is 2.17. The van der Waals surface area contributed by atoms with Gasteiger partial charge in [-0.15, -0.1) is 5.10 Å². The SMILES string of the molecule is COc1ccc(-c2c(C#N)nnn2-c2cccc(C)c2)cc1. The Labute approximate surface area is 128 Å². The van der Waals surface area contributed by atoms with Gasteiger partial charge in [0.1, 0.15) is 17.5 Å². The maximum Gasteiger partial charge on any atom is 0.191 e. The molecule has 5 heteroatoms. The van der Waals surface area contributed by atoms with Crippen molar-refractivity contribution in [3.8, 4) is 28.8 Å². The predicted octanol–water partition coefficient (Wildman–Crippen LogP) is 3.12. The van der Waals surface area contributed by atoms with Crippen LogP contribution in [0.2, 0.25) is 0 Å². The van der Waals surface area contributed by atoms with Crippen molar-refractivity contribution in [2.45, 2.75) is 6.92 Å². The average molecular weight is 290 g/mol. The summed E-state index contributed by atoms with van der Waals surface area (Å²) in [5, 5.41) is 17.4. The summed E-state index contributed by atoms with van der Waals surface area (Å²) in [6, 6.07) is 17.5. The van der Waals surface area contributed by atoms with E-state index >= 15 is 0 Å². The molecule has 0 saturated heterocycles. The third-order valence-electron chi connectivity index (χ3n) is 3.39. The highest BCUT2D eigenvalue weighted by molar-refractivity contribution is 5.67. The lowest BCUT2D eigenvalue weighted by atomic mass is 10.1. The molecule has 0 aliphatic rings. The van der Waals surface area contributed by atoms with E-state index in [1.807, 2.05) is 55.5 Å².